The van der Waals surface area contributed by atoms with E-state index in [2.05, 4.69) is 15.9 Å². The highest BCUT2D eigenvalue weighted by atomic mass is 79.9. The summed E-state index contributed by atoms with van der Waals surface area (Å²) in [6.07, 6.45) is 2.59. The van der Waals surface area contributed by atoms with Crippen LogP contribution < -0.4 is 0 Å². The van der Waals surface area contributed by atoms with Crippen molar-refractivity contribution in [1.82, 2.24) is 4.57 Å². The van der Waals surface area contributed by atoms with Gasteiger partial charge < -0.3 is 14.4 Å². The third-order valence-electron chi connectivity index (χ3n) is 1.92. The molecule has 0 saturated carbocycles. The van der Waals surface area contributed by atoms with Crippen LogP contribution >= 0.6 is 15.9 Å². The molecule has 4 nitrogen and oxygen atoms in total. The van der Waals surface area contributed by atoms with E-state index in [9.17, 15) is 4.79 Å². The summed E-state index contributed by atoms with van der Waals surface area (Å²) >= 11 is 3.30. The van der Waals surface area contributed by atoms with Crippen LogP contribution in [0.2, 0.25) is 0 Å². The molecule has 0 saturated heterocycles. The van der Waals surface area contributed by atoms with Crippen molar-refractivity contribution in [3.8, 4) is 0 Å². The van der Waals surface area contributed by atoms with E-state index in [4.69, 9.17) is 9.84 Å². The molecule has 5 heteroatoms. The van der Waals surface area contributed by atoms with Crippen molar-refractivity contribution in [1.29, 1.82) is 0 Å². The Labute approximate surface area is 97.0 Å². The lowest BCUT2D eigenvalue weighted by Crippen LogP contribution is -2.05. The summed E-state index contributed by atoms with van der Waals surface area (Å²) in [5.74, 6) is -0.913. The van der Waals surface area contributed by atoms with E-state index >= 15 is 0 Å². The molecule has 0 aliphatic rings. The molecule has 0 atom stereocenters. The van der Waals surface area contributed by atoms with Crippen molar-refractivity contribution in [3.63, 3.8) is 0 Å². The van der Waals surface area contributed by atoms with Crippen LogP contribution in [-0.4, -0.2) is 28.9 Å². The van der Waals surface area contributed by atoms with Gasteiger partial charge >= 0.3 is 5.97 Å². The largest absolute Gasteiger partial charge is 0.478 e. The predicted octanol–water partition coefficient (Wildman–Crippen LogP) is 2.38. The van der Waals surface area contributed by atoms with Crippen LogP contribution in [0.3, 0.4) is 0 Å². The van der Waals surface area contributed by atoms with Gasteiger partial charge in [0, 0.05) is 19.3 Å². The smallest absolute Gasteiger partial charge is 0.337 e. The Hall–Kier alpha value is -0.810. The van der Waals surface area contributed by atoms with Crippen LogP contribution in [0, 0.1) is 0 Å². The number of halogens is 1. The number of nitrogens with zero attached hydrogens (tertiary/aromatic N) is 1. The van der Waals surface area contributed by atoms with Crippen LogP contribution in [0.25, 0.3) is 0 Å². The Bertz CT molecular complexity index is 335. The minimum Gasteiger partial charge on any atom is -0.478 e. The third kappa shape index (κ3) is 3.68. The van der Waals surface area contributed by atoms with Crippen LogP contribution in [0.4, 0.5) is 0 Å². The molecule has 15 heavy (non-hydrogen) atoms. The highest BCUT2D eigenvalue weighted by Gasteiger charge is 2.08. The first-order valence-electron chi connectivity index (χ1n) is 4.82. The van der Waals surface area contributed by atoms with E-state index in [1.165, 1.54) is 0 Å². The third-order valence-corrected chi connectivity index (χ3v) is 2.60. The number of aromatic nitrogens is 1. The average molecular weight is 276 g/mol. The minimum absolute atomic E-state index is 0.289. The molecule has 0 radical (unpaired) electrons. The molecule has 1 rings (SSSR count). The summed E-state index contributed by atoms with van der Waals surface area (Å²) in [4.78, 5) is 10.7. The van der Waals surface area contributed by atoms with Crippen LogP contribution in [-0.2, 0) is 11.3 Å². The Balaban J connectivity index is 2.50. The van der Waals surface area contributed by atoms with Gasteiger partial charge in [-0.15, -0.1) is 0 Å². The molecule has 0 aliphatic heterocycles. The molecule has 0 aliphatic carbocycles. The zero-order valence-electron chi connectivity index (χ0n) is 8.57. The molecule has 0 aromatic carbocycles. The first-order chi connectivity index (χ1) is 7.15. The van der Waals surface area contributed by atoms with Gasteiger partial charge in [0.2, 0.25) is 0 Å². The molecule has 1 aromatic heterocycles. The monoisotopic (exact) mass is 275 g/mol. The molecule has 1 N–H and O–H groups in total. The fourth-order valence-electron chi connectivity index (χ4n) is 1.18. The van der Waals surface area contributed by atoms with Crippen molar-refractivity contribution in [3.05, 3.63) is 22.4 Å². The molecule has 1 aromatic rings. The number of rotatable bonds is 6. The van der Waals surface area contributed by atoms with Gasteiger partial charge in [0.25, 0.3) is 0 Å². The lowest BCUT2D eigenvalue weighted by atomic mass is 10.4. The van der Waals surface area contributed by atoms with Gasteiger partial charge in [-0.25, -0.2) is 4.79 Å². The van der Waals surface area contributed by atoms with Gasteiger partial charge in [0.1, 0.15) is 0 Å². The molecular formula is C10H14BrNO3. The topological polar surface area (TPSA) is 51.5 Å². The first-order valence-corrected chi connectivity index (χ1v) is 5.61. The Morgan fingerprint density at radius 3 is 2.87 bits per heavy atom. The number of carboxylic acids is 1. The summed E-state index contributed by atoms with van der Waals surface area (Å²) in [5.41, 5.74) is 0.289. The second-order valence-electron chi connectivity index (χ2n) is 3.16. The number of hydrogen-bond acceptors (Lipinski definition) is 2. The molecule has 0 unspecified atom stereocenters. The number of hydrogen-bond donors (Lipinski definition) is 1. The fraction of sp³-hybridized carbons (Fsp3) is 0.500. The zero-order chi connectivity index (χ0) is 11.3. The normalized spacial score (nSPS) is 10.5. The lowest BCUT2D eigenvalue weighted by Gasteiger charge is -2.05. The minimum atomic E-state index is -0.913. The predicted molar refractivity (Wildman–Crippen MR) is 60.2 cm³/mol. The molecule has 1 heterocycles. The molecular weight excluding hydrogens is 262 g/mol. The summed E-state index contributed by atoms with van der Waals surface area (Å²) in [6, 6.07) is 1.59. The van der Waals surface area contributed by atoms with E-state index < -0.39 is 5.97 Å². The van der Waals surface area contributed by atoms with E-state index in [0.29, 0.717) is 13.2 Å². The van der Waals surface area contributed by atoms with Gasteiger partial charge in [-0.05, 0) is 28.4 Å². The fourth-order valence-corrected chi connectivity index (χ4v) is 1.70. The van der Waals surface area contributed by atoms with E-state index in [1.807, 2.05) is 11.5 Å². The molecule has 0 bridgehead atoms. The second kappa shape index (κ2) is 5.92. The van der Waals surface area contributed by atoms with Gasteiger partial charge in [-0.2, -0.15) is 0 Å². The van der Waals surface area contributed by atoms with Gasteiger partial charge in [0.15, 0.2) is 0 Å². The number of carbonyl (C=O) groups is 1. The average Bonchev–Trinajstić information content (AvgIpc) is 2.55. The number of carboxylic acid groups (broad SMARTS) is 1. The standard InChI is InChI=1S/C10H14BrNO3/c1-2-4-15-5-3-12-7-8(10(13)14)6-9(12)11/h6-7H,2-5H2,1H3,(H,13,14). The highest BCUT2D eigenvalue weighted by molar-refractivity contribution is 9.10. The first kappa shape index (κ1) is 12.3. The quantitative estimate of drug-likeness (QED) is 0.811. The summed E-state index contributed by atoms with van der Waals surface area (Å²) in [6.45, 7) is 4.05. The number of ether oxygens (including phenoxy) is 1. The Kier molecular flexibility index (Phi) is 4.84. The van der Waals surface area contributed by atoms with Crippen LogP contribution in [0.15, 0.2) is 16.9 Å². The SMILES string of the molecule is CCCOCCn1cc(C(=O)O)cc1Br. The van der Waals surface area contributed by atoms with Gasteiger partial charge in [-0.3, -0.25) is 0 Å². The maximum Gasteiger partial charge on any atom is 0.337 e. The Morgan fingerprint density at radius 1 is 1.60 bits per heavy atom. The Morgan fingerprint density at radius 2 is 2.33 bits per heavy atom. The summed E-state index contributed by atoms with van der Waals surface area (Å²) in [7, 11) is 0. The summed E-state index contributed by atoms with van der Waals surface area (Å²) < 4.78 is 7.90. The summed E-state index contributed by atoms with van der Waals surface area (Å²) in [5, 5.41) is 8.77. The van der Waals surface area contributed by atoms with Crippen molar-refractivity contribution in [2.24, 2.45) is 0 Å². The number of aromatic carboxylic acids is 1. The van der Waals surface area contributed by atoms with E-state index in [1.54, 1.807) is 12.3 Å². The van der Waals surface area contributed by atoms with Crippen molar-refractivity contribution in [2.45, 2.75) is 19.9 Å². The molecule has 0 fully saturated rings. The van der Waals surface area contributed by atoms with E-state index in [0.717, 1.165) is 17.6 Å². The molecule has 0 spiro atoms. The second-order valence-corrected chi connectivity index (χ2v) is 3.97. The van der Waals surface area contributed by atoms with Crippen LogP contribution in [0.5, 0.6) is 0 Å². The van der Waals surface area contributed by atoms with Gasteiger partial charge in [0.05, 0.1) is 16.8 Å². The lowest BCUT2D eigenvalue weighted by molar-refractivity contribution is 0.0696. The van der Waals surface area contributed by atoms with Crippen molar-refractivity contribution in [2.75, 3.05) is 13.2 Å². The van der Waals surface area contributed by atoms with Crippen molar-refractivity contribution < 1.29 is 14.6 Å². The highest BCUT2D eigenvalue weighted by Crippen LogP contribution is 2.15. The molecule has 84 valence electrons. The maximum atomic E-state index is 10.7. The van der Waals surface area contributed by atoms with E-state index in [-0.39, 0.29) is 5.56 Å². The van der Waals surface area contributed by atoms with Gasteiger partial charge in [-0.1, -0.05) is 6.92 Å². The molecule has 0 amide bonds. The zero-order valence-corrected chi connectivity index (χ0v) is 10.2. The van der Waals surface area contributed by atoms with Crippen LogP contribution in [0.1, 0.15) is 23.7 Å². The van der Waals surface area contributed by atoms with Crippen molar-refractivity contribution >= 4 is 21.9 Å². The maximum absolute atomic E-state index is 10.7.